The molecule has 1 aliphatic heterocycles. The lowest BCUT2D eigenvalue weighted by Crippen LogP contribution is -2.41. The number of aromatic amines is 1. The Labute approximate surface area is 145 Å². The number of nitrogens with one attached hydrogen (secondary N) is 1. The third-order valence-electron chi connectivity index (χ3n) is 4.86. The number of benzene rings is 1. The van der Waals surface area contributed by atoms with Crippen LogP contribution in [0.15, 0.2) is 12.1 Å². The third-order valence-corrected chi connectivity index (χ3v) is 5.64. The summed E-state index contributed by atoms with van der Waals surface area (Å²) < 4.78 is 13.6. The lowest BCUT2D eigenvalue weighted by molar-refractivity contribution is 0.00578. The Balaban J connectivity index is 2.21. The van der Waals surface area contributed by atoms with Crippen molar-refractivity contribution in [1.82, 2.24) is 10.2 Å². The van der Waals surface area contributed by atoms with Gasteiger partial charge in [-0.05, 0) is 73.3 Å². The molecule has 118 valence electrons. The van der Waals surface area contributed by atoms with Crippen molar-refractivity contribution in [2.75, 3.05) is 0 Å². The van der Waals surface area contributed by atoms with Crippen molar-refractivity contribution in [2.24, 2.45) is 0 Å². The van der Waals surface area contributed by atoms with Gasteiger partial charge < -0.3 is 9.31 Å². The molecule has 0 saturated carbocycles. The maximum Gasteiger partial charge on any atom is 0.495 e. The molecule has 3 rings (SSSR count). The number of rotatable bonds is 2. The lowest BCUT2D eigenvalue weighted by atomic mass is 9.72. The molecule has 0 aliphatic carbocycles. The SMILES string of the molecule is CC(C)c1ccc2n[nH]c(I)c2c1B1OC(C)(C)C(C)(C)O1. The highest BCUT2D eigenvalue weighted by Gasteiger charge is 2.52. The number of nitrogens with zero attached hydrogens (tertiary/aromatic N) is 1. The Morgan fingerprint density at radius 2 is 1.73 bits per heavy atom. The minimum absolute atomic E-state index is 0.344. The Kier molecular flexibility index (Phi) is 3.85. The lowest BCUT2D eigenvalue weighted by Gasteiger charge is -2.32. The van der Waals surface area contributed by atoms with Gasteiger partial charge in [-0.25, -0.2) is 0 Å². The second-order valence-electron chi connectivity index (χ2n) is 7.24. The molecule has 6 heteroatoms. The summed E-state index contributed by atoms with van der Waals surface area (Å²) in [6.07, 6.45) is 0. The van der Waals surface area contributed by atoms with Crippen LogP contribution in [0.5, 0.6) is 0 Å². The normalized spacial score (nSPS) is 20.3. The van der Waals surface area contributed by atoms with Crippen LogP contribution in [0, 0.1) is 3.70 Å². The zero-order chi connectivity index (χ0) is 16.3. The molecule has 0 unspecified atom stereocenters. The third kappa shape index (κ3) is 2.39. The monoisotopic (exact) mass is 412 g/mol. The van der Waals surface area contributed by atoms with E-state index in [0.717, 1.165) is 20.1 Å². The fraction of sp³-hybridized carbons (Fsp3) is 0.562. The van der Waals surface area contributed by atoms with E-state index in [1.807, 2.05) is 0 Å². The van der Waals surface area contributed by atoms with Gasteiger partial charge in [0.2, 0.25) is 0 Å². The van der Waals surface area contributed by atoms with E-state index in [0.29, 0.717) is 5.92 Å². The van der Waals surface area contributed by atoms with Crippen molar-refractivity contribution in [3.63, 3.8) is 0 Å². The van der Waals surface area contributed by atoms with E-state index in [-0.39, 0.29) is 18.3 Å². The number of hydrogen-bond acceptors (Lipinski definition) is 3. The first-order valence-corrected chi connectivity index (χ1v) is 8.74. The molecule has 0 bridgehead atoms. The highest BCUT2D eigenvalue weighted by molar-refractivity contribution is 14.1. The Morgan fingerprint density at radius 1 is 1.14 bits per heavy atom. The zero-order valence-electron chi connectivity index (χ0n) is 14.0. The molecule has 4 nitrogen and oxygen atoms in total. The average Bonchev–Trinajstić information content (AvgIpc) is 2.87. The van der Waals surface area contributed by atoms with Crippen LogP contribution in [0.1, 0.15) is 53.0 Å². The van der Waals surface area contributed by atoms with Gasteiger partial charge in [0.25, 0.3) is 0 Å². The molecule has 22 heavy (non-hydrogen) atoms. The van der Waals surface area contributed by atoms with Gasteiger partial charge >= 0.3 is 7.12 Å². The molecular formula is C16H22BIN2O2. The van der Waals surface area contributed by atoms with E-state index in [1.54, 1.807) is 0 Å². The average molecular weight is 412 g/mol. The Morgan fingerprint density at radius 3 is 2.27 bits per heavy atom. The first-order chi connectivity index (χ1) is 10.1. The predicted octanol–water partition coefficient (Wildman–Crippen LogP) is 3.59. The fourth-order valence-electron chi connectivity index (χ4n) is 2.83. The van der Waals surface area contributed by atoms with Crippen molar-refractivity contribution < 1.29 is 9.31 Å². The number of H-pyrrole nitrogens is 1. The van der Waals surface area contributed by atoms with Gasteiger partial charge in [0, 0.05) is 5.39 Å². The molecule has 0 atom stereocenters. The molecule has 1 saturated heterocycles. The van der Waals surface area contributed by atoms with Crippen LogP contribution in [-0.4, -0.2) is 28.5 Å². The number of halogens is 1. The van der Waals surface area contributed by atoms with Crippen LogP contribution >= 0.6 is 22.6 Å². The maximum absolute atomic E-state index is 6.31. The van der Waals surface area contributed by atoms with Crippen molar-refractivity contribution in [3.05, 3.63) is 21.4 Å². The van der Waals surface area contributed by atoms with E-state index < -0.39 is 0 Å². The van der Waals surface area contributed by atoms with E-state index in [2.05, 4.69) is 86.5 Å². The van der Waals surface area contributed by atoms with Crippen LogP contribution in [0.2, 0.25) is 0 Å². The zero-order valence-corrected chi connectivity index (χ0v) is 16.1. The van der Waals surface area contributed by atoms with Gasteiger partial charge in [0.15, 0.2) is 0 Å². The summed E-state index contributed by atoms with van der Waals surface area (Å²) in [5.74, 6) is 0.393. The molecule has 0 radical (unpaired) electrons. The quantitative estimate of drug-likeness (QED) is 0.606. The minimum atomic E-state index is -0.364. The topological polar surface area (TPSA) is 47.1 Å². The van der Waals surface area contributed by atoms with Crippen LogP contribution < -0.4 is 5.46 Å². The predicted molar refractivity (Wildman–Crippen MR) is 98.6 cm³/mol. The first kappa shape index (κ1) is 16.3. The number of fused-ring (bicyclic) bond motifs is 1. The largest absolute Gasteiger partial charge is 0.495 e. The summed E-state index contributed by atoms with van der Waals surface area (Å²) in [4.78, 5) is 0. The van der Waals surface area contributed by atoms with Crippen molar-refractivity contribution in [1.29, 1.82) is 0 Å². The van der Waals surface area contributed by atoms with E-state index in [9.17, 15) is 0 Å². The molecule has 0 spiro atoms. The minimum Gasteiger partial charge on any atom is -0.399 e. The van der Waals surface area contributed by atoms with Gasteiger partial charge in [-0.15, -0.1) is 0 Å². The standard InChI is InChI=1S/C16H22BIN2O2/c1-9(2)10-7-8-11-12(14(18)20-19-11)13(10)17-21-15(3,4)16(5,6)22-17/h7-9H,1-6H3,(H,19,20). The van der Waals surface area contributed by atoms with Gasteiger partial charge in [-0.3, -0.25) is 5.10 Å². The summed E-state index contributed by atoms with van der Waals surface area (Å²) in [6, 6.07) is 4.21. The molecule has 1 aliphatic rings. The molecule has 1 N–H and O–H groups in total. The second kappa shape index (κ2) is 5.21. The van der Waals surface area contributed by atoms with Crippen molar-refractivity contribution >= 4 is 46.1 Å². The Hall–Kier alpha value is -0.595. The number of hydrogen-bond donors (Lipinski definition) is 1. The summed E-state index contributed by atoms with van der Waals surface area (Å²) >= 11 is 2.29. The smallest absolute Gasteiger partial charge is 0.399 e. The van der Waals surface area contributed by atoms with Gasteiger partial charge in [-0.2, -0.15) is 5.10 Å². The summed E-state index contributed by atoms with van der Waals surface area (Å²) in [7, 11) is -0.364. The molecule has 1 fully saturated rings. The van der Waals surface area contributed by atoms with Gasteiger partial charge in [0.1, 0.15) is 3.70 Å². The van der Waals surface area contributed by atoms with Crippen molar-refractivity contribution in [3.8, 4) is 0 Å². The Bertz CT molecular complexity index is 708. The molecule has 2 heterocycles. The second-order valence-corrected chi connectivity index (χ2v) is 8.32. The van der Waals surface area contributed by atoms with E-state index in [1.165, 1.54) is 5.56 Å². The van der Waals surface area contributed by atoms with Gasteiger partial charge in [0.05, 0.1) is 16.7 Å². The van der Waals surface area contributed by atoms with Crippen LogP contribution in [0.4, 0.5) is 0 Å². The first-order valence-electron chi connectivity index (χ1n) is 7.66. The van der Waals surface area contributed by atoms with E-state index in [4.69, 9.17) is 9.31 Å². The summed E-state index contributed by atoms with van der Waals surface area (Å²) in [5, 5.41) is 8.57. The molecule has 0 amide bonds. The van der Waals surface area contributed by atoms with Crippen LogP contribution in [0.3, 0.4) is 0 Å². The molecular weight excluding hydrogens is 390 g/mol. The highest BCUT2D eigenvalue weighted by atomic mass is 127. The fourth-order valence-corrected chi connectivity index (χ4v) is 3.52. The maximum atomic E-state index is 6.31. The molecule has 1 aromatic heterocycles. The number of aromatic nitrogens is 2. The van der Waals surface area contributed by atoms with Crippen LogP contribution in [0.25, 0.3) is 10.9 Å². The summed E-state index contributed by atoms with van der Waals surface area (Å²) in [5.41, 5.74) is 2.64. The molecule has 1 aromatic carbocycles. The highest BCUT2D eigenvalue weighted by Crippen LogP contribution is 2.38. The van der Waals surface area contributed by atoms with Crippen LogP contribution in [-0.2, 0) is 9.31 Å². The summed E-state index contributed by atoms with van der Waals surface area (Å²) in [6.45, 7) is 12.7. The van der Waals surface area contributed by atoms with Gasteiger partial charge in [-0.1, -0.05) is 19.9 Å². The molecule has 2 aromatic rings. The van der Waals surface area contributed by atoms with E-state index >= 15 is 0 Å². The van der Waals surface area contributed by atoms with Crippen molar-refractivity contribution in [2.45, 2.75) is 58.7 Å².